The average molecular weight is 216 g/mol. The first-order valence-corrected chi connectivity index (χ1v) is 5.21. The molecule has 0 spiro atoms. The molecule has 0 saturated heterocycles. The molecule has 2 heterocycles. The molecule has 1 aliphatic rings. The van der Waals surface area contributed by atoms with Gasteiger partial charge in [0.1, 0.15) is 11.9 Å². The Hall–Kier alpha value is -2.04. The maximum atomic E-state index is 5.79. The lowest BCUT2D eigenvalue weighted by molar-refractivity contribution is 0.202. The second-order valence-corrected chi connectivity index (χ2v) is 3.92. The summed E-state index contributed by atoms with van der Waals surface area (Å²) in [6, 6.07) is 8.09. The van der Waals surface area contributed by atoms with Gasteiger partial charge in [-0.05, 0) is 11.6 Å². The lowest BCUT2D eigenvalue weighted by Gasteiger charge is -2.09. The first-order valence-electron chi connectivity index (χ1n) is 5.21. The molecule has 0 aliphatic carbocycles. The number of aromatic nitrogens is 3. The van der Waals surface area contributed by atoms with Gasteiger partial charge in [0.15, 0.2) is 5.82 Å². The summed E-state index contributed by atoms with van der Waals surface area (Å²) in [5, 5.41) is 7.65. The first-order chi connectivity index (χ1) is 7.81. The van der Waals surface area contributed by atoms with E-state index in [0.29, 0.717) is 12.4 Å². The van der Waals surface area contributed by atoms with Crippen molar-refractivity contribution in [1.29, 1.82) is 0 Å². The largest absolute Gasteiger partial charge is 0.488 e. The summed E-state index contributed by atoms with van der Waals surface area (Å²) in [6.07, 6.45) is 2.75. The molecule has 0 fully saturated rings. The van der Waals surface area contributed by atoms with E-state index < -0.39 is 0 Å². The van der Waals surface area contributed by atoms with Crippen LogP contribution in [0.2, 0.25) is 0 Å². The quantitative estimate of drug-likeness (QED) is 0.808. The molecule has 5 nitrogen and oxygen atoms in total. The van der Waals surface area contributed by atoms with Crippen molar-refractivity contribution in [2.24, 2.45) is 0 Å². The number of benzene rings is 1. The second-order valence-electron chi connectivity index (χ2n) is 3.92. The third-order valence-electron chi connectivity index (χ3n) is 2.66. The summed E-state index contributed by atoms with van der Waals surface area (Å²) in [5.41, 5.74) is 6.75. The minimum atomic E-state index is 0.124. The minimum Gasteiger partial charge on any atom is -0.488 e. The molecule has 0 saturated carbocycles. The van der Waals surface area contributed by atoms with E-state index in [1.807, 2.05) is 18.2 Å². The highest BCUT2D eigenvalue weighted by atomic mass is 16.5. The number of nitrogens with zero attached hydrogens (tertiary/aromatic N) is 3. The van der Waals surface area contributed by atoms with Crippen LogP contribution in [0.15, 0.2) is 30.5 Å². The van der Waals surface area contributed by atoms with Crippen LogP contribution < -0.4 is 10.5 Å². The molecule has 16 heavy (non-hydrogen) atoms. The number of anilines is 1. The number of hydrogen-bond acceptors (Lipinski definition) is 4. The van der Waals surface area contributed by atoms with Crippen molar-refractivity contribution in [3.63, 3.8) is 0 Å². The molecule has 1 aliphatic heterocycles. The maximum absolute atomic E-state index is 5.79. The highest BCUT2D eigenvalue weighted by molar-refractivity contribution is 5.37. The molecular formula is C11H12N4O. The van der Waals surface area contributed by atoms with Crippen LogP contribution in [0.4, 0.5) is 5.82 Å². The van der Waals surface area contributed by atoms with Crippen molar-refractivity contribution >= 4 is 5.82 Å². The van der Waals surface area contributed by atoms with E-state index in [1.54, 1.807) is 10.9 Å². The summed E-state index contributed by atoms with van der Waals surface area (Å²) in [6.45, 7) is 0.679. The molecule has 1 aromatic carbocycles. The third kappa shape index (κ3) is 1.60. The molecule has 1 unspecified atom stereocenters. The molecule has 3 rings (SSSR count). The number of fused-ring (bicyclic) bond motifs is 1. The van der Waals surface area contributed by atoms with Crippen LogP contribution in [0.1, 0.15) is 5.56 Å². The van der Waals surface area contributed by atoms with Crippen LogP contribution in [0.3, 0.4) is 0 Å². The molecule has 1 atom stereocenters. The zero-order chi connectivity index (χ0) is 11.0. The number of para-hydroxylation sites is 1. The molecule has 0 radical (unpaired) electrons. The van der Waals surface area contributed by atoms with Gasteiger partial charge in [-0.3, -0.25) is 0 Å². The van der Waals surface area contributed by atoms with Gasteiger partial charge >= 0.3 is 0 Å². The fourth-order valence-corrected chi connectivity index (χ4v) is 1.97. The van der Waals surface area contributed by atoms with Crippen molar-refractivity contribution < 1.29 is 4.74 Å². The van der Waals surface area contributed by atoms with Gasteiger partial charge in [-0.1, -0.05) is 23.4 Å². The molecule has 5 heteroatoms. The van der Waals surface area contributed by atoms with E-state index in [2.05, 4.69) is 16.4 Å². The summed E-state index contributed by atoms with van der Waals surface area (Å²) < 4.78 is 7.50. The molecular weight excluding hydrogens is 204 g/mol. The Balaban J connectivity index is 1.72. The van der Waals surface area contributed by atoms with E-state index in [9.17, 15) is 0 Å². The van der Waals surface area contributed by atoms with Gasteiger partial charge in [-0.2, -0.15) is 0 Å². The van der Waals surface area contributed by atoms with Crippen LogP contribution in [-0.2, 0) is 13.0 Å². The fourth-order valence-electron chi connectivity index (χ4n) is 1.97. The normalized spacial score (nSPS) is 18.1. The average Bonchev–Trinajstić information content (AvgIpc) is 2.84. The number of nitrogens with two attached hydrogens (primary N) is 1. The van der Waals surface area contributed by atoms with Gasteiger partial charge < -0.3 is 10.5 Å². The van der Waals surface area contributed by atoms with Crippen molar-refractivity contribution in [1.82, 2.24) is 15.0 Å². The summed E-state index contributed by atoms with van der Waals surface area (Å²) in [4.78, 5) is 0. The van der Waals surface area contributed by atoms with Crippen LogP contribution in [0, 0.1) is 0 Å². The van der Waals surface area contributed by atoms with Crippen molar-refractivity contribution in [3.05, 3.63) is 36.0 Å². The van der Waals surface area contributed by atoms with Crippen LogP contribution >= 0.6 is 0 Å². The smallest absolute Gasteiger partial charge is 0.165 e. The van der Waals surface area contributed by atoms with Crippen LogP contribution in [-0.4, -0.2) is 21.1 Å². The monoisotopic (exact) mass is 216 g/mol. The molecule has 0 bridgehead atoms. The Labute approximate surface area is 92.8 Å². The number of ether oxygens (including phenoxy) is 1. The zero-order valence-electron chi connectivity index (χ0n) is 8.71. The number of rotatable bonds is 2. The van der Waals surface area contributed by atoms with Crippen molar-refractivity contribution in [2.75, 3.05) is 5.73 Å². The minimum absolute atomic E-state index is 0.124. The highest BCUT2D eigenvalue weighted by Crippen LogP contribution is 2.28. The third-order valence-corrected chi connectivity index (χ3v) is 2.66. The Morgan fingerprint density at radius 2 is 2.31 bits per heavy atom. The number of nitrogen functional groups attached to an aromatic ring is 1. The van der Waals surface area contributed by atoms with E-state index in [1.165, 1.54) is 5.56 Å². The van der Waals surface area contributed by atoms with Gasteiger partial charge in [0.2, 0.25) is 0 Å². The summed E-state index contributed by atoms with van der Waals surface area (Å²) in [7, 11) is 0. The predicted octanol–water partition coefficient (Wildman–Crippen LogP) is 0.864. The highest BCUT2D eigenvalue weighted by Gasteiger charge is 2.22. The van der Waals surface area contributed by atoms with Gasteiger partial charge in [0.25, 0.3) is 0 Å². The van der Waals surface area contributed by atoms with Crippen molar-refractivity contribution in [3.8, 4) is 5.75 Å². The molecule has 2 N–H and O–H groups in total. The van der Waals surface area contributed by atoms with Crippen LogP contribution in [0.25, 0.3) is 0 Å². The van der Waals surface area contributed by atoms with Crippen molar-refractivity contribution in [2.45, 2.75) is 19.1 Å². The standard InChI is InChI=1S/C11H12N4O/c12-11-7-15(14-13-11)6-9-5-8-3-1-2-4-10(8)16-9/h1-4,7,9H,5-6,12H2. The van der Waals surface area contributed by atoms with Gasteiger partial charge in [0.05, 0.1) is 12.7 Å². The Morgan fingerprint density at radius 1 is 1.44 bits per heavy atom. The van der Waals surface area contributed by atoms with E-state index in [0.717, 1.165) is 12.2 Å². The summed E-state index contributed by atoms with van der Waals surface area (Å²) >= 11 is 0. The molecule has 82 valence electrons. The predicted molar refractivity (Wildman–Crippen MR) is 59.0 cm³/mol. The lowest BCUT2D eigenvalue weighted by Crippen LogP contribution is -2.21. The maximum Gasteiger partial charge on any atom is 0.165 e. The first kappa shape index (κ1) is 9.21. The molecule has 1 aromatic heterocycles. The molecule has 2 aromatic rings. The topological polar surface area (TPSA) is 66.0 Å². The second kappa shape index (κ2) is 3.52. The Bertz CT molecular complexity index is 483. The molecule has 0 amide bonds. The number of hydrogen-bond donors (Lipinski definition) is 1. The van der Waals surface area contributed by atoms with Crippen LogP contribution in [0.5, 0.6) is 5.75 Å². The Kier molecular flexibility index (Phi) is 2.02. The van der Waals surface area contributed by atoms with E-state index in [-0.39, 0.29) is 6.10 Å². The zero-order valence-corrected chi connectivity index (χ0v) is 8.71. The van der Waals surface area contributed by atoms with Gasteiger partial charge in [-0.25, -0.2) is 4.68 Å². The lowest BCUT2D eigenvalue weighted by atomic mass is 10.1. The van der Waals surface area contributed by atoms with E-state index >= 15 is 0 Å². The van der Waals surface area contributed by atoms with E-state index in [4.69, 9.17) is 10.5 Å². The van der Waals surface area contributed by atoms with Gasteiger partial charge in [0, 0.05) is 6.42 Å². The van der Waals surface area contributed by atoms with Gasteiger partial charge in [-0.15, -0.1) is 5.10 Å². The SMILES string of the molecule is Nc1cn(CC2Cc3ccccc3O2)nn1. The fraction of sp³-hybridized carbons (Fsp3) is 0.273. The Morgan fingerprint density at radius 3 is 3.06 bits per heavy atom. The summed E-state index contributed by atoms with van der Waals surface area (Å²) in [5.74, 6) is 1.41.